The summed E-state index contributed by atoms with van der Waals surface area (Å²) in [6.07, 6.45) is 5.19. The molecule has 1 aliphatic rings. The van der Waals surface area contributed by atoms with E-state index in [2.05, 4.69) is 9.88 Å². The molecule has 1 saturated heterocycles. The Morgan fingerprint density at radius 3 is 2.84 bits per heavy atom. The molecule has 128 valence electrons. The summed E-state index contributed by atoms with van der Waals surface area (Å²) in [6.45, 7) is 0.870. The molecular formula is C18H17N3O3S. The van der Waals surface area contributed by atoms with Crippen LogP contribution in [0.25, 0.3) is 22.6 Å². The van der Waals surface area contributed by atoms with E-state index in [1.165, 1.54) is 6.39 Å². The molecule has 1 aromatic carbocycles. The Hall–Kier alpha value is -2.67. The molecule has 0 amide bonds. The van der Waals surface area contributed by atoms with Crippen molar-refractivity contribution < 1.29 is 14.3 Å². The maximum absolute atomic E-state index is 11.0. The van der Waals surface area contributed by atoms with Crippen molar-refractivity contribution in [3.8, 4) is 22.6 Å². The van der Waals surface area contributed by atoms with Crippen LogP contribution in [-0.4, -0.2) is 33.6 Å². The van der Waals surface area contributed by atoms with Gasteiger partial charge in [0.05, 0.1) is 18.3 Å². The van der Waals surface area contributed by atoms with Crippen LogP contribution in [0.5, 0.6) is 0 Å². The molecule has 1 aliphatic heterocycles. The van der Waals surface area contributed by atoms with E-state index in [4.69, 9.17) is 14.5 Å². The molecule has 0 spiro atoms. The highest BCUT2D eigenvalue weighted by atomic mass is 32.1. The molecule has 7 heteroatoms. The highest BCUT2D eigenvalue weighted by molar-refractivity contribution is 7.14. The van der Waals surface area contributed by atoms with E-state index in [9.17, 15) is 4.79 Å². The maximum Gasteiger partial charge on any atom is 0.305 e. The SMILES string of the molecule is O=C(O)CC1CCCN1c1nc(-c2ccc(-c3cnco3)cc2)cs1. The first kappa shape index (κ1) is 15.8. The third-order valence-electron chi connectivity index (χ3n) is 4.42. The lowest BCUT2D eigenvalue weighted by Gasteiger charge is -2.22. The lowest BCUT2D eigenvalue weighted by atomic mass is 10.1. The largest absolute Gasteiger partial charge is 0.481 e. The van der Waals surface area contributed by atoms with Gasteiger partial charge in [-0.25, -0.2) is 9.97 Å². The van der Waals surface area contributed by atoms with Crippen LogP contribution in [-0.2, 0) is 4.79 Å². The molecule has 4 rings (SSSR count). The van der Waals surface area contributed by atoms with Gasteiger partial charge in [0.1, 0.15) is 0 Å². The second-order valence-corrected chi connectivity index (χ2v) is 6.88. The molecule has 3 aromatic rings. The van der Waals surface area contributed by atoms with Gasteiger partial charge in [-0.3, -0.25) is 4.79 Å². The predicted octanol–water partition coefficient (Wildman–Crippen LogP) is 3.91. The molecule has 0 aliphatic carbocycles. The number of rotatable bonds is 5. The topological polar surface area (TPSA) is 79.5 Å². The standard InChI is InChI=1S/C18H17N3O3S/c22-17(23)8-14-2-1-7-21(14)18-20-15(10-25-18)12-3-5-13(6-4-12)16-9-19-11-24-16/h3-6,9-11,14H,1-2,7-8H2,(H,22,23). The van der Waals surface area contributed by atoms with Gasteiger partial charge >= 0.3 is 5.97 Å². The average molecular weight is 355 g/mol. The van der Waals surface area contributed by atoms with Gasteiger partial charge in [0.15, 0.2) is 17.3 Å². The highest BCUT2D eigenvalue weighted by Crippen LogP contribution is 2.33. The molecule has 0 bridgehead atoms. The number of oxazole rings is 1. The number of hydrogen-bond acceptors (Lipinski definition) is 6. The van der Waals surface area contributed by atoms with E-state index in [1.54, 1.807) is 17.5 Å². The molecule has 2 aromatic heterocycles. The van der Waals surface area contributed by atoms with Gasteiger partial charge in [-0.05, 0) is 12.8 Å². The number of carbonyl (C=O) groups is 1. The Kier molecular flexibility index (Phi) is 4.23. The van der Waals surface area contributed by atoms with Crippen molar-refractivity contribution in [2.45, 2.75) is 25.3 Å². The third-order valence-corrected chi connectivity index (χ3v) is 5.30. The first-order chi connectivity index (χ1) is 12.2. The number of thiazole rings is 1. The summed E-state index contributed by atoms with van der Waals surface area (Å²) < 4.78 is 5.30. The van der Waals surface area contributed by atoms with E-state index in [-0.39, 0.29) is 12.5 Å². The van der Waals surface area contributed by atoms with Crippen LogP contribution >= 0.6 is 11.3 Å². The van der Waals surface area contributed by atoms with E-state index in [1.807, 2.05) is 29.6 Å². The number of carboxylic acid groups (broad SMARTS) is 1. The molecule has 0 radical (unpaired) electrons. The quantitative estimate of drug-likeness (QED) is 0.747. The van der Waals surface area contributed by atoms with Gasteiger partial charge in [-0.15, -0.1) is 11.3 Å². The Morgan fingerprint density at radius 2 is 2.12 bits per heavy atom. The van der Waals surface area contributed by atoms with Crippen LogP contribution < -0.4 is 4.90 Å². The fourth-order valence-corrected chi connectivity index (χ4v) is 4.13. The van der Waals surface area contributed by atoms with Gasteiger partial charge < -0.3 is 14.4 Å². The number of nitrogens with zero attached hydrogens (tertiary/aromatic N) is 3. The van der Waals surface area contributed by atoms with Crippen molar-refractivity contribution in [1.29, 1.82) is 0 Å². The zero-order chi connectivity index (χ0) is 17.2. The van der Waals surface area contributed by atoms with Gasteiger partial charge in [-0.1, -0.05) is 24.3 Å². The smallest absolute Gasteiger partial charge is 0.305 e. The van der Waals surface area contributed by atoms with Gasteiger partial charge in [0.2, 0.25) is 0 Å². The van der Waals surface area contributed by atoms with Crippen molar-refractivity contribution in [2.24, 2.45) is 0 Å². The van der Waals surface area contributed by atoms with Gasteiger partial charge in [-0.2, -0.15) is 0 Å². The molecule has 6 nitrogen and oxygen atoms in total. The Morgan fingerprint density at radius 1 is 1.32 bits per heavy atom. The molecular weight excluding hydrogens is 338 g/mol. The summed E-state index contributed by atoms with van der Waals surface area (Å²) in [5.41, 5.74) is 2.91. The summed E-state index contributed by atoms with van der Waals surface area (Å²) in [5.74, 6) is -0.0178. The monoisotopic (exact) mass is 355 g/mol. The fraction of sp³-hybridized carbons (Fsp3) is 0.278. The summed E-state index contributed by atoms with van der Waals surface area (Å²) in [7, 11) is 0. The van der Waals surface area contributed by atoms with Crippen LogP contribution in [0.4, 0.5) is 5.13 Å². The van der Waals surface area contributed by atoms with Crippen LogP contribution in [0.15, 0.2) is 46.7 Å². The normalized spacial score (nSPS) is 17.1. The fourth-order valence-electron chi connectivity index (χ4n) is 3.19. The number of benzene rings is 1. The van der Waals surface area contributed by atoms with Crippen molar-refractivity contribution in [3.63, 3.8) is 0 Å². The number of hydrogen-bond donors (Lipinski definition) is 1. The van der Waals surface area contributed by atoms with E-state index in [0.717, 1.165) is 47.1 Å². The van der Waals surface area contributed by atoms with Crippen LogP contribution in [0.2, 0.25) is 0 Å². The minimum atomic E-state index is -0.753. The van der Waals surface area contributed by atoms with E-state index >= 15 is 0 Å². The average Bonchev–Trinajstić information content (AvgIpc) is 3.36. The third kappa shape index (κ3) is 3.28. The zero-order valence-corrected chi connectivity index (χ0v) is 14.3. The van der Waals surface area contributed by atoms with Crippen molar-refractivity contribution in [1.82, 2.24) is 9.97 Å². The van der Waals surface area contributed by atoms with Crippen LogP contribution in [0, 0.1) is 0 Å². The van der Waals surface area contributed by atoms with Crippen molar-refractivity contribution in [3.05, 3.63) is 42.2 Å². The maximum atomic E-state index is 11.0. The molecule has 1 fully saturated rings. The van der Waals surface area contributed by atoms with Crippen LogP contribution in [0.1, 0.15) is 19.3 Å². The molecule has 1 N–H and O–H groups in total. The first-order valence-electron chi connectivity index (χ1n) is 8.14. The number of carboxylic acids is 1. The Bertz CT molecular complexity index is 858. The summed E-state index contributed by atoms with van der Waals surface area (Å²) in [6, 6.07) is 8.03. The number of aromatic nitrogens is 2. The Balaban J connectivity index is 1.54. The van der Waals surface area contributed by atoms with Gasteiger partial charge in [0, 0.05) is 29.1 Å². The molecule has 25 heavy (non-hydrogen) atoms. The molecule has 0 saturated carbocycles. The van der Waals surface area contributed by atoms with Crippen molar-refractivity contribution >= 4 is 22.4 Å². The second kappa shape index (κ2) is 6.68. The summed E-state index contributed by atoms with van der Waals surface area (Å²) >= 11 is 1.57. The summed E-state index contributed by atoms with van der Waals surface area (Å²) in [5, 5.41) is 12.0. The lowest BCUT2D eigenvalue weighted by molar-refractivity contribution is -0.137. The lowest BCUT2D eigenvalue weighted by Crippen LogP contribution is -2.31. The Labute approximate surface area is 148 Å². The minimum absolute atomic E-state index is 0.0466. The number of aliphatic carboxylic acids is 1. The minimum Gasteiger partial charge on any atom is -0.481 e. The second-order valence-electron chi connectivity index (χ2n) is 6.05. The molecule has 1 unspecified atom stereocenters. The van der Waals surface area contributed by atoms with Gasteiger partial charge in [0.25, 0.3) is 0 Å². The summed E-state index contributed by atoms with van der Waals surface area (Å²) in [4.78, 5) is 21.8. The molecule has 3 heterocycles. The molecule has 1 atom stereocenters. The van der Waals surface area contributed by atoms with E-state index in [0.29, 0.717) is 0 Å². The van der Waals surface area contributed by atoms with Crippen LogP contribution in [0.3, 0.4) is 0 Å². The predicted molar refractivity (Wildman–Crippen MR) is 95.7 cm³/mol. The highest BCUT2D eigenvalue weighted by Gasteiger charge is 2.28. The number of anilines is 1. The first-order valence-corrected chi connectivity index (χ1v) is 9.02. The zero-order valence-electron chi connectivity index (χ0n) is 13.5. The van der Waals surface area contributed by atoms with Crippen molar-refractivity contribution in [2.75, 3.05) is 11.4 Å². The van der Waals surface area contributed by atoms with E-state index < -0.39 is 5.97 Å².